The molecule has 0 radical (unpaired) electrons. The molecule has 2 N–H and O–H groups in total. The third-order valence-electron chi connectivity index (χ3n) is 2.71. The molecule has 0 bridgehead atoms. The molecule has 0 unspecified atom stereocenters. The van der Waals surface area contributed by atoms with E-state index in [0.717, 1.165) is 12.8 Å². The first-order valence-electron chi connectivity index (χ1n) is 5.76. The summed E-state index contributed by atoms with van der Waals surface area (Å²) in [7, 11) is 0. The SMILES string of the molecule is O=C(NCCSC(F)(F)F)N1CCC[C@H](CO)C1. The van der Waals surface area contributed by atoms with E-state index in [1.807, 2.05) is 0 Å². The molecule has 18 heavy (non-hydrogen) atoms. The molecule has 1 atom stereocenters. The molecule has 0 aromatic carbocycles. The maximum absolute atomic E-state index is 11.8. The number of urea groups is 1. The molecule has 1 heterocycles. The molecule has 2 amide bonds. The molecule has 4 nitrogen and oxygen atoms in total. The summed E-state index contributed by atoms with van der Waals surface area (Å²) in [5.74, 6) is -0.110. The molecule has 1 saturated heterocycles. The Morgan fingerprint density at radius 3 is 2.83 bits per heavy atom. The van der Waals surface area contributed by atoms with E-state index in [9.17, 15) is 18.0 Å². The van der Waals surface area contributed by atoms with Gasteiger partial charge >= 0.3 is 11.5 Å². The fourth-order valence-corrected chi connectivity index (χ4v) is 2.27. The summed E-state index contributed by atoms with van der Waals surface area (Å²) in [6, 6.07) is -0.351. The number of carbonyl (C=O) groups is 1. The Morgan fingerprint density at radius 1 is 1.50 bits per heavy atom. The van der Waals surface area contributed by atoms with Crippen molar-refractivity contribution in [1.29, 1.82) is 0 Å². The zero-order chi connectivity index (χ0) is 13.6. The summed E-state index contributed by atoms with van der Waals surface area (Å²) < 4.78 is 35.5. The van der Waals surface area contributed by atoms with Gasteiger partial charge in [-0.2, -0.15) is 13.2 Å². The molecule has 1 rings (SSSR count). The van der Waals surface area contributed by atoms with E-state index in [2.05, 4.69) is 5.32 Å². The Bertz CT molecular complexity index is 276. The van der Waals surface area contributed by atoms with Gasteiger partial charge < -0.3 is 15.3 Å². The fourth-order valence-electron chi connectivity index (χ4n) is 1.84. The van der Waals surface area contributed by atoms with Crippen LogP contribution in [0.2, 0.25) is 0 Å². The number of rotatable bonds is 4. The summed E-state index contributed by atoms with van der Waals surface area (Å²) in [5, 5.41) is 11.5. The Balaban J connectivity index is 2.20. The highest BCUT2D eigenvalue weighted by atomic mass is 32.2. The van der Waals surface area contributed by atoms with Crippen LogP contribution in [0.25, 0.3) is 0 Å². The molecule has 0 aliphatic carbocycles. The Morgan fingerprint density at radius 2 is 2.22 bits per heavy atom. The van der Waals surface area contributed by atoms with E-state index in [1.54, 1.807) is 4.90 Å². The topological polar surface area (TPSA) is 52.6 Å². The number of amides is 2. The summed E-state index contributed by atoms with van der Waals surface area (Å²) in [5.41, 5.74) is -4.25. The van der Waals surface area contributed by atoms with Gasteiger partial charge in [-0.15, -0.1) is 0 Å². The first-order valence-corrected chi connectivity index (χ1v) is 6.75. The zero-order valence-corrected chi connectivity index (χ0v) is 10.7. The minimum Gasteiger partial charge on any atom is -0.396 e. The van der Waals surface area contributed by atoms with Crippen LogP contribution in [0.15, 0.2) is 0 Å². The number of carbonyl (C=O) groups excluding carboxylic acids is 1. The average molecular weight is 286 g/mol. The van der Waals surface area contributed by atoms with Crippen LogP contribution in [0, 0.1) is 5.92 Å². The molecular weight excluding hydrogens is 269 g/mol. The van der Waals surface area contributed by atoms with Gasteiger partial charge in [0, 0.05) is 32.0 Å². The number of aliphatic hydroxyl groups excluding tert-OH is 1. The van der Waals surface area contributed by atoms with Crippen molar-refractivity contribution >= 4 is 17.8 Å². The van der Waals surface area contributed by atoms with Crippen molar-refractivity contribution in [3.63, 3.8) is 0 Å². The van der Waals surface area contributed by atoms with Crippen LogP contribution >= 0.6 is 11.8 Å². The Hall–Kier alpha value is -0.630. The molecule has 0 spiro atoms. The van der Waals surface area contributed by atoms with Crippen LogP contribution in [0.5, 0.6) is 0 Å². The number of thioether (sulfide) groups is 1. The number of likely N-dealkylation sites (tertiary alicyclic amines) is 1. The lowest BCUT2D eigenvalue weighted by Gasteiger charge is -2.31. The number of nitrogens with zero attached hydrogens (tertiary/aromatic N) is 1. The summed E-state index contributed by atoms with van der Waals surface area (Å²) in [4.78, 5) is 13.2. The van der Waals surface area contributed by atoms with Crippen LogP contribution in [-0.2, 0) is 0 Å². The van der Waals surface area contributed by atoms with Crippen molar-refractivity contribution in [3.8, 4) is 0 Å². The minimum absolute atomic E-state index is 0.0106. The second-order valence-electron chi connectivity index (χ2n) is 4.16. The van der Waals surface area contributed by atoms with Gasteiger partial charge in [0.15, 0.2) is 0 Å². The molecule has 0 aromatic rings. The van der Waals surface area contributed by atoms with Crippen LogP contribution in [-0.4, -0.2) is 53.5 Å². The highest BCUT2D eigenvalue weighted by Gasteiger charge is 2.28. The summed E-state index contributed by atoms with van der Waals surface area (Å²) >= 11 is -0.146. The van der Waals surface area contributed by atoms with E-state index >= 15 is 0 Å². The predicted octanol–water partition coefficient (Wildman–Crippen LogP) is 1.65. The van der Waals surface area contributed by atoms with E-state index in [1.165, 1.54) is 0 Å². The van der Waals surface area contributed by atoms with E-state index in [-0.39, 0.29) is 42.6 Å². The maximum atomic E-state index is 11.8. The van der Waals surface area contributed by atoms with Crippen molar-refractivity contribution in [2.24, 2.45) is 5.92 Å². The standard InChI is InChI=1S/C10H17F3N2O2S/c11-10(12,13)18-5-3-14-9(17)15-4-1-2-8(6-15)7-16/h8,16H,1-7H2,(H,14,17)/t8-/m0/s1. The third kappa shape index (κ3) is 5.81. The average Bonchev–Trinajstić information content (AvgIpc) is 2.33. The van der Waals surface area contributed by atoms with Crippen LogP contribution < -0.4 is 5.32 Å². The van der Waals surface area contributed by atoms with Crippen LogP contribution in [0.4, 0.5) is 18.0 Å². The van der Waals surface area contributed by atoms with Crippen molar-refractivity contribution in [3.05, 3.63) is 0 Å². The third-order valence-corrected chi connectivity index (χ3v) is 3.44. The van der Waals surface area contributed by atoms with E-state index in [0.29, 0.717) is 13.1 Å². The van der Waals surface area contributed by atoms with Gasteiger partial charge in [-0.05, 0) is 30.5 Å². The quantitative estimate of drug-likeness (QED) is 0.773. The van der Waals surface area contributed by atoms with Crippen molar-refractivity contribution < 1.29 is 23.1 Å². The van der Waals surface area contributed by atoms with Gasteiger partial charge in [-0.25, -0.2) is 4.79 Å². The Kier molecular flexibility index (Phi) is 6.07. The van der Waals surface area contributed by atoms with Crippen molar-refractivity contribution in [2.45, 2.75) is 18.3 Å². The Labute approximate surface area is 108 Å². The molecule has 106 valence electrons. The molecule has 8 heteroatoms. The molecule has 1 aliphatic heterocycles. The van der Waals surface area contributed by atoms with Gasteiger partial charge in [0.25, 0.3) is 0 Å². The van der Waals surface area contributed by atoms with Crippen molar-refractivity contribution in [2.75, 3.05) is 32.0 Å². The number of halogens is 3. The highest BCUT2D eigenvalue weighted by molar-refractivity contribution is 8.00. The lowest BCUT2D eigenvalue weighted by Crippen LogP contribution is -2.46. The molecule has 1 aliphatic rings. The zero-order valence-electron chi connectivity index (χ0n) is 9.87. The first-order chi connectivity index (χ1) is 8.42. The number of aliphatic hydroxyl groups is 1. The maximum Gasteiger partial charge on any atom is 0.441 e. The predicted molar refractivity (Wildman–Crippen MR) is 63.3 cm³/mol. The molecule has 0 aromatic heterocycles. The van der Waals surface area contributed by atoms with Gasteiger partial charge in [0.2, 0.25) is 0 Å². The summed E-state index contributed by atoms with van der Waals surface area (Å²) in [6.07, 6.45) is 1.69. The number of hydrogen-bond acceptors (Lipinski definition) is 3. The first kappa shape index (κ1) is 15.4. The monoisotopic (exact) mass is 286 g/mol. The number of alkyl halides is 3. The number of piperidine rings is 1. The van der Waals surface area contributed by atoms with E-state index < -0.39 is 5.51 Å². The number of hydrogen-bond donors (Lipinski definition) is 2. The minimum atomic E-state index is -4.25. The molecular formula is C10H17F3N2O2S. The molecule has 1 fully saturated rings. The van der Waals surface area contributed by atoms with E-state index in [4.69, 9.17) is 5.11 Å². The van der Waals surface area contributed by atoms with Gasteiger partial charge in [-0.3, -0.25) is 0 Å². The molecule has 0 saturated carbocycles. The smallest absolute Gasteiger partial charge is 0.396 e. The largest absolute Gasteiger partial charge is 0.441 e. The van der Waals surface area contributed by atoms with Crippen molar-refractivity contribution in [1.82, 2.24) is 10.2 Å². The second kappa shape index (κ2) is 7.08. The van der Waals surface area contributed by atoms with Gasteiger partial charge in [0.05, 0.1) is 0 Å². The fraction of sp³-hybridized carbons (Fsp3) is 0.900. The second-order valence-corrected chi connectivity index (χ2v) is 5.32. The van der Waals surface area contributed by atoms with Gasteiger partial charge in [-0.1, -0.05) is 0 Å². The highest BCUT2D eigenvalue weighted by Crippen LogP contribution is 2.29. The number of nitrogens with one attached hydrogen (secondary N) is 1. The summed E-state index contributed by atoms with van der Waals surface area (Å²) in [6.45, 7) is 1.08. The lowest BCUT2D eigenvalue weighted by atomic mass is 9.99. The normalized spacial score (nSPS) is 20.9. The lowest BCUT2D eigenvalue weighted by molar-refractivity contribution is -0.0327. The van der Waals surface area contributed by atoms with Gasteiger partial charge in [0.1, 0.15) is 0 Å². The van der Waals surface area contributed by atoms with Crippen LogP contribution in [0.3, 0.4) is 0 Å². The van der Waals surface area contributed by atoms with Crippen LogP contribution in [0.1, 0.15) is 12.8 Å².